The molecule has 0 aliphatic carbocycles. The normalized spacial score (nSPS) is 19.2. The van der Waals surface area contributed by atoms with Gasteiger partial charge in [-0.2, -0.15) is 10.2 Å². The number of benzene rings is 1. The molecule has 2 aliphatic rings. The third-order valence-corrected chi connectivity index (χ3v) is 7.10. The van der Waals surface area contributed by atoms with Crippen molar-refractivity contribution in [2.24, 2.45) is 7.05 Å². The molecule has 0 spiro atoms. The first kappa shape index (κ1) is 20.2. The molecule has 170 valence electrons. The van der Waals surface area contributed by atoms with E-state index in [1.165, 1.54) is 12.8 Å². The Bertz CT molecular complexity index is 1350. The van der Waals surface area contributed by atoms with Gasteiger partial charge in [0.05, 0.1) is 17.3 Å². The molecule has 33 heavy (non-hydrogen) atoms. The molecule has 0 N–H and O–H groups in total. The standard InChI is InChI=1S/C25H29N7O/c1-17-16-32-22(26-24(17)30-12-7-8-13-30)15-19(27-32)21-11-5-6-14-31(21)25(33)23-18-9-3-4-10-20(18)29(2)28-23/h3-4,9-10,15-16,21H,5-8,11-14H2,1-2H3. The lowest BCUT2D eigenvalue weighted by molar-refractivity contribution is 0.0600. The van der Waals surface area contributed by atoms with Gasteiger partial charge in [-0.3, -0.25) is 9.48 Å². The lowest BCUT2D eigenvalue weighted by Crippen LogP contribution is -2.39. The number of fused-ring (bicyclic) bond motifs is 2. The van der Waals surface area contributed by atoms with E-state index in [1.54, 1.807) is 4.68 Å². The molecule has 1 unspecified atom stereocenters. The zero-order chi connectivity index (χ0) is 22.5. The highest BCUT2D eigenvalue weighted by Gasteiger charge is 2.33. The summed E-state index contributed by atoms with van der Waals surface area (Å²) in [5.41, 5.74) is 4.38. The van der Waals surface area contributed by atoms with Gasteiger partial charge in [-0.25, -0.2) is 9.50 Å². The minimum absolute atomic E-state index is 0.0181. The Morgan fingerprint density at radius 2 is 1.82 bits per heavy atom. The second-order valence-electron chi connectivity index (χ2n) is 9.31. The number of carbonyl (C=O) groups is 1. The van der Waals surface area contributed by atoms with E-state index in [-0.39, 0.29) is 11.9 Å². The number of amides is 1. The Morgan fingerprint density at radius 3 is 2.67 bits per heavy atom. The SMILES string of the molecule is Cc1cn2nc(C3CCCCN3C(=O)c3nn(C)c4ccccc34)cc2nc1N1CCCC1. The number of nitrogens with zero attached hydrogens (tertiary/aromatic N) is 7. The van der Waals surface area contributed by atoms with Crippen molar-refractivity contribution in [2.45, 2.75) is 45.1 Å². The Balaban J connectivity index is 1.37. The van der Waals surface area contributed by atoms with E-state index in [0.717, 1.165) is 66.0 Å². The van der Waals surface area contributed by atoms with Crippen LogP contribution >= 0.6 is 0 Å². The first-order valence-electron chi connectivity index (χ1n) is 11.9. The van der Waals surface area contributed by atoms with Crippen LogP contribution in [0.25, 0.3) is 16.6 Å². The zero-order valence-corrected chi connectivity index (χ0v) is 19.2. The van der Waals surface area contributed by atoms with Gasteiger partial charge in [-0.05, 0) is 45.1 Å². The van der Waals surface area contributed by atoms with Crippen molar-refractivity contribution in [3.05, 3.63) is 53.5 Å². The largest absolute Gasteiger partial charge is 0.356 e. The monoisotopic (exact) mass is 443 g/mol. The summed E-state index contributed by atoms with van der Waals surface area (Å²) in [6.45, 7) is 4.94. The van der Waals surface area contributed by atoms with Crippen molar-refractivity contribution in [3.8, 4) is 0 Å². The Kier molecular flexibility index (Phi) is 4.81. The molecule has 2 saturated heterocycles. The molecular weight excluding hydrogens is 414 g/mol. The molecule has 8 heteroatoms. The summed E-state index contributed by atoms with van der Waals surface area (Å²) in [6, 6.07) is 9.91. The van der Waals surface area contributed by atoms with Crippen molar-refractivity contribution < 1.29 is 4.79 Å². The van der Waals surface area contributed by atoms with Gasteiger partial charge in [0, 0.05) is 49.9 Å². The zero-order valence-electron chi connectivity index (χ0n) is 19.2. The third-order valence-electron chi connectivity index (χ3n) is 7.10. The van der Waals surface area contributed by atoms with Crippen LogP contribution in [0.3, 0.4) is 0 Å². The van der Waals surface area contributed by atoms with Gasteiger partial charge >= 0.3 is 0 Å². The quantitative estimate of drug-likeness (QED) is 0.480. The van der Waals surface area contributed by atoms with Gasteiger partial charge in [0.25, 0.3) is 5.91 Å². The lowest BCUT2D eigenvalue weighted by Gasteiger charge is -2.34. The summed E-state index contributed by atoms with van der Waals surface area (Å²) in [6.07, 6.45) is 7.49. The number of para-hydroxylation sites is 1. The number of anilines is 1. The molecule has 1 aromatic carbocycles. The maximum atomic E-state index is 13.7. The molecule has 8 nitrogen and oxygen atoms in total. The van der Waals surface area contributed by atoms with Gasteiger partial charge in [0.2, 0.25) is 0 Å². The van der Waals surface area contributed by atoms with Crippen LogP contribution in [0.2, 0.25) is 0 Å². The van der Waals surface area contributed by atoms with E-state index in [4.69, 9.17) is 10.1 Å². The van der Waals surface area contributed by atoms with Crippen LogP contribution in [0, 0.1) is 6.92 Å². The van der Waals surface area contributed by atoms with Gasteiger partial charge < -0.3 is 9.80 Å². The summed E-state index contributed by atoms with van der Waals surface area (Å²) < 4.78 is 3.66. The van der Waals surface area contributed by atoms with Crippen LogP contribution < -0.4 is 4.90 Å². The van der Waals surface area contributed by atoms with Crippen molar-refractivity contribution >= 4 is 28.3 Å². The highest BCUT2D eigenvalue weighted by molar-refractivity contribution is 6.05. The van der Waals surface area contributed by atoms with Gasteiger partial charge in [-0.1, -0.05) is 18.2 Å². The van der Waals surface area contributed by atoms with E-state index in [9.17, 15) is 4.79 Å². The number of aromatic nitrogens is 5. The van der Waals surface area contributed by atoms with E-state index in [1.807, 2.05) is 40.7 Å². The van der Waals surface area contributed by atoms with Crippen molar-refractivity contribution in [1.29, 1.82) is 0 Å². The molecule has 1 amide bonds. The average Bonchev–Trinajstić information content (AvgIpc) is 3.57. The van der Waals surface area contributed by atoms with Crippen LogP contribution in [0.5, 0.6) is 0 Å². The Hall–Kier alpha value is -3.42. The molecule has 4 aromatic rings. The summed E-state index contributed by atoms with van der Waals surface area (Å²) in [7, 11) is 1.89. The highest BCUT2D eigenvalue weighted by atomic mass is 16.2. The van der Waals surface area contributed by atoms with E-state index >= 15 is 0 Å². The second-order valence-corrected chi connectivity index (χ2v) is 9.31. The molecule has 0 saturated carbocycles. The summed E-state index contributed by atoms with van der Waals surface area (Å²) >= 11 is 0. The van der Waals surface area contributed by atoms with Crippen molar-refractivity contribution in [3.63, 3.8) is 0 Å². The molecule has 0 bridgehead atoms. The lowest BCUT2D eigenvalue weighted by atomic mass is 9.98. The average molecular weight is 444 g/mol. The Labute approximate surface area is 192 Å². The van der Waals surface area contributed by atoms with Crippen molar-refractivity contribution in [1.82, 2.24) is 29.3 Å². The minimum Gasteiger partial charge on any atom is -0.356 e. The summed E-state index contributed by atoms with van der Waals surface area (Å²) in [5, 5.41) is 10.4. The van der Waals surface area contributed by atoms with E-state index < -0.39 is 0 Å². The fourth-order valence-electron chi connectivity index (χ4n) is 5.42. The van der Waals surface area contributed by atoms with Gasteiger partial charge in [0.15, 0.2) is 11.3 Å². The molecule has 2 aliphatic heterocycles. The van der Waals surface area contributed by atoms with Crippen LogP contribution in [0.15, 0.2) is 36.5 Å². The minimum atomic E-state index is -0.0655. The number of piperidine rings is 1. The third kappa shape index (κ3) is 3.35. The molecule has 5 heterocycles. The summed E-state index contributed by atoms with van der Waals surface area (Å²) in [4.78, 5) is 23.0. The van der Waals surface area contributed by atoms with Crippen LogP contribution in [0.4, 0.5) is 5.82 Å². The van der Waals surface area contributed by atoms with Crippen LogP contribution in [-0.4, -0.2) is 54.8 Å². The van der Waals surface area contributed by atoms with Crippen LogP contribution in [-0.2, 0) is 7.05 Å². The molecule has 6 rings (SSSR count). The first-order chi connectivity index (χ1) is 16.1. The molecule has 2 fully saturated rings. The highest BCUT2D eigenvalue weighted by Crippen LogP contribution is 2.33. The van der Waals surface area contributed by atoms with E-state index in [0.29, 0.717) is 12.2 Å². The Morgan fingerprint density at radius 1 is 1.03 bits per heavy atom. The second kappa shape index (κ2) is 7.86. The van der Waals surface area contributed by atoms with Crippen LogP contribution in [0.1, 0.15) is 59.9 Å². The van der Waals surface area contributed by atoms with Crippen molar-refractivity contribution in [2.75, 3.05) is 24.5 Å². The molecular formula is C25H29N7O. The predicted octanol–water partition coefficient (Wildman–Crippen LogP) is 3.89. The number of hydrogen-bond donors (Lipinski definition) is 0. The topological polar surface area (TPSA) is 71.6 Å². The fourth-order valence-corrected chi connectivity index (χ4v) is 5.42. The first-order valence-corrected chi connectivity index (χ1v) is 11.9. The smallest absolute Gasteiger partial charge is 0.275 e. The maximum absolute atomic E-state index is 13.7. The maximum Gasteiger partial charge on any atom is 0.275 e. The fraction of sp³-hybridized carbons (Fsp3) is 0.440. The number of rotatable bonds is 3. The summed E-state index contributed by atoms with van der Waals surface area (Å²) in [5.74, 6) is 1.04. The number of hydrogen-bond acceptors (Lipinski definition) is 5. The van der Waals surface area contributed by atoms with Gasteiger partial charge in [-0.15, -0.1) is 0 Å². The van der Waals surface area contributed by atoms with E-state index in [2.05, 4.69) is 29.2 Å². The predicted molar refractivity (Wildman–Crippen MR) is 128 cm³/mol. The number of aryl methyl sites for hydroxylation is 2. The molecule has 1 atom stereocenters. The molecule has 3 aromatic heterocycles. The number of carbonyl (C=O) groups excluding carboxylic acids is 1. The number of likely N-dealkylation sites (tertiary alicyclic amines) is 1. The van der Waals surface area contributed by atoms with Gasteiger partial charge in [0.1, 0.15) is 5.82 Å². The molecule has 0 radical (unpaired) electrons.